The number of rotatable bonds is 4. The fraction of sp³-hybridized carbons (Fsp3) is 1.00. The highest BCUT2D eigenvalue weighted by atomic mass is 16.3. The summed E-state index contributed by atoms with van der Waals surface area (Å²) in [7, 11) is 3.95. The van der Waals surface area contributed by atoms with Gasteiger partial charge < -0.3 is 15.7 Å². The lowest BCUT2D eigenvalue weighted by Gasteiger charge is -2.47. The van der Waals surface area contributed by atoms with Gasteiger partial charge in [0, 0.05) is 18.7 Å². The summed E-state index contributed by atoms with van der Waals surface area (Å²) in [5.74, 6) is 0.524. The average Bonchev–Trinajstić information content (AvgIpc) is 1.96. The normalized spacial score (nSPS) is 36.8. The van der Waals surface area contributed by atoms with Crippen LogP contribution in [0.1, 0.15) is 12.8 Å². The molecule has 1 saturated carbocycles. The molecule has 3 N–H and O–H groups in total. The van der Waals surface area contributed by atoms with Crippen molar-refractivity contribution in [3.63, 3.8) is 0 Å². The van der Waals surface area contributed by atoms with Crippen LogP contribution in [-0.4, -0.2) is 37.9 Å². The molecule has 0 saturated heterocycles. The Morgan fingerprint density at radius 2 is 2.09 bits per heavy atom. The molecule has 1 aliphatic carbocycles. The third-order valence-electron chi connectivity index (χ3n) is 2.66. The van der Waals surface area contributed by atoms with Gasteiger partial charge in [-0.25, -0.2) is 0 Å². The third kappa shape index (κ3) is 1.72. The van der Waals surface area contributed by atoms with Crippen molar-refractivity contribution in [1.82, 2.24) is 10.6 Å². The Kier molecular flexibility index (Phi) is 2.87. The van der Waals surface area contributed by atoms with Gasteiger partial charge in [-0.1, -0.05) is 0 Å². The molecular formula is C8H18N2O. The molecule has 0 radical (unpaired) electrons. The summed E-state index contributed by atoms with van der Waals surface area (Å²) in [6, 6.07) is 0. The Hall–Kier alpha value is -0.120. The molecule has 0 heterocycles. The average molecular weight is 158 g/mol. The number of hydrogen-bond acceptors (Lipinski definition) is 3. The van der Waals surface area contributed by atoms with Crippen molar-refractivity contribution in [2.24, 2.45) is 5.92 Å². The van der Waals surface area contributed by atoms with Crippen molar-refractivity contribution >= 4 is 0 Å². The first-order valence-electron chi connectivity index (χ1n) is 4.21. The van der Waals surface area contributed by atoms with E-state index in [1.807, 2.05) is 14.1 Å². The molecule has 1 aliphatic rings. The van der Waals surface area contributed by atoms with Gasteiger partial charge in [0.25, 0.3) is 0 Å². The Bertz CT molecular complexity index is 121. The van der Waals surface area contributed by atoms with Crippen molar-refractivity contribution in [3.05, 3.63) is 0 Å². The standard InChI is InChI=1S/C8H18N2O/c1-9-6-8(10-2)3-7(4-8)5-11/h7,9-11H,3-6H2,1-2H3. The van der Waals surface area contributed by atoms with E-state index in [-0.39, 0.29) is 5.54 Å². The van der Waals surface area contributed by atoms with Gasteiger partial charge in [0.05, 0.1) is 0 Å². The minimum absolute atomic E-state index is 0.266. The first-order valence-corrected chi connectivity index (χ1v) is 4.21. The molecule has 0 aromatic carbocycles. The lowest BCUT2D eigenvalue weighted by Crippen LogP contribution is -2.59. The van der Waals surface area contributed by atoms with Crippen molar-refractivity contribution < 1.29 is 5.11 Å². The molecule has 0 aromatic heterocycles. The lowest BCUT2D eigenvalue weighted by molar-refractivity contribution is 0.0613. The van der Waals surface area contributed by atoms with Crippen molar-refractivity contribution in [2.75, 3.05) is 27.2 Å². The van der Waals surface area contributed by atoms with Gasteiger partial charge in [-0.15, -0.1) is 0 Å². The predicted octanol–water partition coefficient (Wildman–Crippen LogP) is -0.434. The van der Waals surface area contributed by atoms with E-state index in [9.17, 15) is 0 Å². The summed E-state index contributed by atoms with van der Waals surface area (Å²) in [5.41, 5.74) is 0.266. The molecule has 66 valence electrons. The molecular weight excluding hydrogens is 140 g/mol. The van der Waals surface area contributed by atoms with Crippen LogP contribution < -0.4 is 10.6 Å². The Labute approximate surface area is 68.2 Å². The van der Waals surface area contributed by atoms with Crippen LogP contribution in [0.5, 0.6) is 0 Å². The van der Waals surface area contributed by atoms with Crippen molar-refractivity contribution in [1.29, 1.82) is 0 Å². The Balaban J connectivity index is 2.30. The first-order chi connectivity index (χ1) is 5.26. The largest absolute Gasteiger partial charge is 0.396 e. The summed E-state index contributed by atoms with van der Waals surface area (Å²) in [6.07, 6.45) is 2.20. The smallest absolute Gasteiger partial charge is 0.0460 e. The molecule has 0 spiro atoms. The second kappa shape index (κ2) is 3.52. The fourth-order valence-corrected chi connectivity index (χ4v) is 1.95. The Morgan fingerprint density at radius 1 is 1.45 bits per heavy atom. The van der Waals surface area contributed by atoms with E-state index < -0.39 is 0 Å². The molecule has 0 unspecified atom stereocenters. The summed E-state index contributed by atoms with van der Waals surface area (Å²) in [5, 5.41) is 15.3. The van der Waals surface area contributed by atoms with Gasteiger partial charge in [0.15, 0.2) is 0 Å². The monoisotopic (exact) mass is 158 g/mol. The topological polar surface area (TPSA) is 44.3 Å². The first kappa shape index (κ1) is 8.97. The molecule has 11 heavy (non-hydrogen) atoms. The van der Waals surface area contributed by atoms with Gasteiger partial charge in [-0.2, -0.15) is 0 Å². The van der Waals surface area contributed by atoms with E-state index in [0.717, 1.165) is 19.4 Å². The predicted molar refractivity (Wildman–Crippen MR) is 45.5 cm³/mol. The number of aliphatic hydroxyl groups excluding tert-OH is 1. The summed E-state index contributed by atoms with van der Waals surface area (Å²) < 4.78 is 0. The summed E-state index contributed by atoms with van der Waals surface area (Å²) in [4.78, 5) is 0. The minimum Gasteiger partial charge on any atom is -0.396 e. The SMILES string of the molecule is CNCC1(NC)CC(CO)C1. The van der Waals surface area contributed by atoms with Gasteiger partial charge >= 0.3 is 0 Å². The van der Waals surface area contributed by atoms with Crippen LogP contribution in [0.25, 0.3) is 0 Å². The highest BCUT2D eigenvalue weighted by Gasteiger charge is 2.41. The maximum atomic E-state index is 8.83. The van der Waals surface area contributed by atoms with E-state index in [0.29, 0.717) is 12.5 Å². The van der Waals surface area contributed by atoms with Gasteiger partial charge in [0.2, 0.25) is 0 Å². The number of likely N-dealkylation sites (N-methyl/N-ethyl adjacent to an activating group) is 2. The number of nitrogens with one attached hydrogen (secondary N) is 2. The minimum atomic E-state index is 0.266. The molecule has 3 nitrogen and oxygen atoms in total. The van der Waals surface area contributed by atoms with E-state index in [4.69, 9.17) is 5.11 Å². The zero-order valence-corrected chi connectivity index (χ0v) is 7.35. The van der Waals surface area contributed by atoms with E-state index in [1.165, 1.54) is 0 Å². The van der Waals surface area contributed by atoms with E-state index in [2.05, 4.69) is 10.6 Å². The molecule has 0 aliphatic heterocycles. The van der Waals surface area contributed by atoms with Crippen LogP contribution in [0.3, 0.4) is 0 Å². The van der Waals surface area contributed by atoms with Gasteiger partial charge in [-0.05, 0) is 32.9 Å². The van der Waals surface area contributed by atoms with Crippen molar-refractivity contribution in [3.8, 4) is 0 Å². The van der Waals surface area contributed by atoms with Crippen molar-refractivity contribution in [2.45, 2.75) is 18.4 Å². The molecule has 1 rings (SSSR count). The second-order valence-electron chi connectivity index (χ2n) is 3.52. The molecule has 0 aromatic rings. The molecule has 0 bridgehead atoms. The molecule has 0 atom stereocenters. The zero-order valence-electron chi connectivity index (χ0n) is 7.35. The summed E-state index contributed by atoms with van der Waals surface area (Å²) >= 11 is 0. The molecule has 0 amide bonds. The van der Waals surface area contributed by atoms with Crippen LogP contribution in [0.15, 0.2) is 0 Å². The fourth-order valence-electron chi connectivity index (χ4n) is 1.95. The van der Waals surface area contributed by atoms with Crippen LogP contribution in [0, 0.1) is 5.92 Å². The number of aliphatic hydroxyl groups is 1. The highest BCUT2D eigenvalue weighted by molar-refractivity contribution is 5.01. The molecule has 3 heteroatoms. The molecule has 1 fully saturated rings. The zero-order chi connectivity index (χ0) is 8.32. The maximum absolute atomic E-state index is 8.83. The van der Waals surface area contributed by atoms with E-state index in [1.54, 1.807) is 0 Å². The quantitative estimate of drug-likeness (QED) is 0.520. The van der Waals surface area contributed by atoms with Crippen LogP contribution in [-0.2, 0) is 0 Å². The van der Waals surface area contributed by atoms with Crippen LogP contribution in [0.2, 0.25) is 0 Å². The third-order valence-corrected chi connectivity index (χ3v) is 2.66. The van der Waals surface area contributed by atoms with Crippen LogP contribution in [0.4, 0.5) is 0 Å². The Morgan fingerprint density at radius 3 is 2.45 bits per heavy atom. The highest BCUT2D eigenvalue weighted by Crippen LogP contribution is 2.36. The number of hydrogen-bond donors (Lipinski definition) is 3. The second-order valence-corrected chi connectivity index (χ2v) is 3.52. The van der Waals surface area contributed by atoms with Gasteiger partial charge in [-0.3, -0.25) is 0 Å². The van der Waals surface area contributed by atoms with Gasteiger partial charge in [0.1, 0.15) is 0 Å². The lowest BCUT2D eigenvalue weighted by atomic mass is 9.68. The summed E-state index contributed by atoms with van der Waals surface area (Å²) in [6.45, 7) is 1.34. The van der Waals surface area contributed by atoms with Crippen LogP contribution >= 0.6 is 0 Å². The van der Waals surface area contributed by atoms with E-state index >= 15 is 0 Å². The maximum Gasteiger partial charge on any atom is 0.0460 e.